The standard InChI is InChI=1S/C20H25ClN2O6/c1-3-28-16-11-13(10-15(21)19(16)27-2)8-9-18(25)29-12-17(24)23-20(26)22-14-6-4-5-7-14/h8-11,14H,3-7,12H2,1-2H3,(H2,22,23,24,26)/b9-8+. The molecule has 0 saturated heterocycles. The Balaban J connectivity index is 1.82. The van der Waals surface area contributed by atoms with E-state index in [0.717, 1.165) is 31.8 Å². The van der Waals surface area contributed by atoms with Gasteiger partial charge in [0.2, 0.25) is 0 Å². The van der Waals surface area contributed by atoms with Crippen molar-refractivity contribution in [2.24, 2.45) is 0 Å². The first-order valence-corrected chi connectivity index (χ1v) is 9.76. The summed E-state index contributed by atoms with van der Waals surface area (Å²) in [6, 6.07) is 2.78. The number of urea groups is 1. The van der Waals surface area contributed by atoms with Gasteiger partial charge < -0.3 is 19.5 Å². The Morgan fingerprint density at radius 3 is 2.62 bits per heavy atom. The number of carbonyl (C=O) groups excluding carboxylic acids is 3. The van der Waals surface area contributed by atoms with E-state index in [1.807, 2.05) is 6.92 Å². The number of halogens is 1. The van der Waals surface area contributed by atoms with Crippen molar-refractivity contribution >= 4 is 35.6 Å². The Morgan fingerprint density at radius 2 is 1.97 bits per heavy atom. The van der Waals surface area contributed by atoms with E-state index in [0.29, 0.717) is 28.7 Å². The van der Waals surface area contributed by atoms with Crippen LogP contribution in [0.15, 0.2) is 18.2 Å². The largest absolute Gasteiger partial charge is 0.491 e. The highest BCUT2D eigenvalue weighted by atomic mass is 35.5. The third kappa shape index (κ3) is 7.30. The van der Waals surface area contributed by atoms with Crippen LogP contribution in [0.3, 0.4) is 0 Å². The number of benzene rings is 1. The number of rotatable bonds is 8. The second-order valence-electron chi connectivity index (χ2n) is 6.41. The molecule has 0 radical (unpaired) electrons. The fourth-order valence-corrected chi connectivity index (χ4v) is 3.24. The highest BCUT2D eigenvalue weighted by molar-refractivity contribution is 6.32. The summed E-state index contributed by atoms with van der Waals surface area (Å²) in [4.78, 5) is 35.2. The number of ether oxygens (including phenoxy) is 3. The van der Waals surface area contributed by atoms with Gasteiger partial charge in [-0.2, -0.15) is 0 Å². The summed E-state index contributed by atoms with van der Waals surface area (Å²) in [7, 11) is 1.48. The number of nitrogens with one attached hydrogen (secondary N) is 2. The average Bonchev–Trinajstić information content (AvgIpc) is 3.17. The van der Waals surface area contributed by atoms with Crippen LogP contribution in [0.25, 0.3) is 6.08 Å². The predicted octanol–water partition coefficient (Wildman–Crippen LogP) is 3.07. The van der Waals surface area contributed by atoms with Gasteiger partial charge in [0, 0.05) is 12.1 Å². The lowest BCUT2D eigenvalue weighted by molar-refractivity contribution is -0.143. The van der Waals surface area contributed by atoms with Crippen LogP contribution in [0.4, 0.5) is 4.79 Å². The van der Waals surface area contributed by atoms with Crippen LogP contribution in [-0.4, -0.2) is 44.3 Å². The molecule has 1 aliphatic carbocycles. The van der Waals surface area contributed by atoms with Gasteiger partial charge in [0.25, 0.3) is 5.91 Å². The van der Waals surface area contributed by atoms with Crippen molar-refractivity contribution in [1.29, 1.82) is 0 Å². The summed E-state index contributed by atoms with van der Waals surface area (Å²) < 4.78 is 15.5. The zero-order valence-electron chi connectivity index (χ0n) is 16.5. The quantitative estimate of drug-likeness (QED) is 0.491. The summed E-state index contributed by atoms with van der Waals surface area (Å²) in [6.45, 7) is 1.69. The fourth-order valence-electron chi connectivity index (χ4n) is 2.95. The summed E-state index contributed by atoms with van der Waals surface area (Å²) in [5, 5.41) is 5.19. The first-order valence-electron chi connectivity index (χ1n) is 9.38. The van der Waals surface area contributed by atoms with Crippen molar-refractivity contribution in [3.05, 3.63) is 28.8 Å². The number of hydrogen-bond acceptors (Lipinski definition) is 6. The molecule has 9 heteroatoms. The number of methoxy groups -OCH3 is 1. The normalized spacial score (nSPS) is 13.9. The molecule has 3 amide bonds. The monoisotopic (exact) mass is 424 g/mol. The van der Waals surface area contributed by atoms with E-state index in [2.05, 4.69) is 10.6 Å². The van der Waals surface area contributed by atoms with Gasteiger partial charge in [0.15, 0.2) is 18.1 Å². The Hall–Kier alpha value is -2.74. The van der Waals surface area contributed by atoms with Crippen LogP contribution in [0, 0.1) is 0 Å². The number of hydrogen-bond donors (Lipinski definition) is 2. The van der Waals surface area contributed by atoms with E-state index in [1.54, 1.807) is 12.1 Å². The molecule has 2 rings (SSSR count). The summed E-state index contributed by atoms with van der Waals surface area (Å²) in [5.41, 5.74) is 0.594. The van der Waals surface area contributed by atoms with E-state index >= 15 is 0 Å². The van der Waals surface area contributed by atoms with Crippen molar-refractivity contribution < 1.29 is 28.6 Å². The molecular weight excluding hydrogens is 400 g/mol. The first kappa shape index (κ1) is 22.5. The van der Waals surface area contributed by atoms with Gasteiger partial charge in [0.1, 0.15) is 0 Å². The van der Waals surface area contributed by atoms with Crippen LogP contribution in [0.5, 0.6) is 11.5 Å². The van der Waals surface area contributed by atoms with Gasteiger partial charge in [0.05, 0.1) is 18.7 Å². The molecule has 1 fully saturated rings. The Kier molecular flexibility index (Phi) is 8.79. The first-order chi connectivity index (χ1) is 13.9. The molecule has 1 aromatic carbocycles. The second kappa shape index (κ2) is 11.3. The van der Waals surface area contributed by atoms with Gasteiger partial charge in [-0.3, -0.25) is 10.1 Å². The Morgan fingerprint density at radius 1 is 1.24 bits per heavy atom. The molecule has 1 aromatic rings. The molecule has 8 nitrogen and oxygen atoms in total. The fraction of sp³-hybridized carbons (Fsp3) is 0.450. The van der Waals surface area contributed by atoms with E-state index in [4.69, 9.17) is 25.8 Å². The Labute approximate surface area is 174 Å². The van der Waals surface area contributed by atoms with Gasteiger partial charge in [-0.05, 0) is 43.5 Å². The van der Waals surface area contributed by atoms with Crippen LogP contribution in [0.2, 0.25) is 5.02 Å². The molecule has 1 saturated carbocycles. The molecule has 0 atom stereocenters. The molecule has 29 heavy (non-hydrogen) atoms. The van der Waals surface area contributed by atoms with Gasteiger partial charge in [-0.15, -0.1) is 0 Å². The molecule has 158 valence electrons. The third-order valence-corrected chi connectivity index (χ3v) is 4.52. The van der Waals surface area contributed by atoms with E-state index in [-0.39, 0.29) is 6.04 Å². The summed E-state index contributed by atoms with van der Waals surface area (Å²) in [6.07, 6.45) is 6.56. The smallest absolute Gasteiger partial charge is 0.331 e. The minimum absolute atomic E-state index is 0.0891. The van der Waals surface area contributed by atoms with Crippen LogP contribution >= 0.6 is 11.6 Å². The van der Waals surface area contributed by atoms with Crippen molar-refractivity contribution in [2.45, 2.75) is 38.6 Å². The molecule has 0 aliphatic heterocycles. The van der Waals surface area contributed by atoms with Crippen LogP contribution in [0.1, 0.15) is 38.2 Å². The van der Waals surface area contributed by atoms with Gasteiger partial charge in [-0.1, -0.05) is 24.4 Å². The van der Waals surface area contributed by atoms with Crippen molar-refractivity contribution in [3.63, 3.8) is 0 Å². The summed E-state index contributed by atoms with van der Waals surface area (Å²) >= 11 is 6.15. The lowest BCUT2D eigenvalue weighted by atomic mass is 10.2. The SMILES string of the molecule is CCOc1cc(/C=C/C(=O)OCC(=O)NC(=O)NC2CCCC2)cc(Cl)c1OC. The minimum Gasteiger partial charge on any atom is -0.491 e. The summed E-state index contributed by atoms with van der Waals surface area (Å²) in [5.74, 6) is -0.585. The molecule has 0 bridgehead atoms. The molecular formula is C20H25ClN2O6. The molecule has 1 aliphatic rings. The average molecular weight is 425 g/mol. The molecule has 2 N–H and O–H groups in total. The zero-order valence-corrected chi connectivity index (χ0v) is 17.2. The highest BCUT2D eigenvalue weighted by Gasteiger charge is 2.18. The maximum absolute atomic E-state index is 11.8. The maximum Gasteiger partial charge on any atom is 0.331 e. The molecule has 0 heterocycles. The van der Waals surface area contributed by atoms with Gasteiger partial charge in [-0.25, -0.2) is 9.59 Å². The topological polar surface area (TPSA) is 103 Å². The number of carbonyl (C=O) groups is 3. The number of imide groups is 1. The van der Waals surface area contributed by atoms with Crippen LogP contribution < -0.4 is 20.1 Å². The predicted molar refractivity (Wildman–Crippen MR) is 108 cm³/mol. The van der Waals surface area contributed by atoms with Crippen LogP contribution in [-0.2, 0) is 14.3 Å². The van der Waals surface area contributed by atoms with Crippen molar-refractivity contribution in [2.75, 3.05) is 20.3 Å². The lowest BCUT2D eigenvalue weighted by Gasteiger charge is -2.12. The van der Waals surface area contributed by atoms with E-state index in [9.17, 15) is 14.4 Å². The lowest BCUT2D eigenvalue weighted by Crippen LogP contribution is -2.44. The zero-order chi connectivity index (χ0) is 21.2. The Bertz CT molecular complexity index is 774. The van der Waals surface area contributed by atoms with Gasteiger partial charge >= 0.3 is 12.0 Å². The minimum atomic E-state index is -0.735. The van der Waals surface area contributed by atoms with Crippen molar-refractivity contribution in [1.82, 2.24) is 10.6 Å². The van der Waals surface area contributed by atoms with E-state index in [1.165, 1.54) is 13.2 Å². The highest BCUT2D eigenvalue weighted by Crippen LogP contribution is 2.36. The molecule has 0 unspecified atom stereocenters. The molecule has 0 spiro atoms. The van der Waals surface area contributed by atoms with E-state index < -0.39 is 24.5 Å². The maximum atomic E-state index is 11.8. The molecule has 0 aromatic heterocycles. The second-order valence-corrected chi connectivity index (χ2v) is 6.82. The van der Waals surface area contributed by atoms with Crippen molar-refractivity contribution in [3.8, 4) is 11.5 Å². The third-order valence-electron chi connectivity index (χ3n) is 4.24. The number of amides is 3. The number of esters is 1.